The van der Waals surface area contributed by atoms with Gasteiger partial charge in [-0.05, 0) is 12.1 Å². The lowest BCUT2D eigenvalue weighted by Gasteiger charge is -2.11. The molecule has 1 heterocycles. The van der Waals surface area contributed by atoms with Gasteiger partial charge in [-0.15, -0.1) is 0 Å². The van der Waals surface area contributed by atoms with Gasteiger partial charge in [-0.25, -0.2) is 13.8 Å². The van der Waals surface area contributed by atoms with Gasteiger partial charge in [0.2, 0.25) is 0 Å². The number of benzene rings is 2. The van der Waals surface area contributed by atoms with Crippen LogP contribution in [0.5, 0.6) is 11.5 Å². The summed E-state index contributed by atoms with van der Waals surface area (Å²) in [7, 11) is 2.94. The number of methoxy groups -OCH3 is 2. The second-order valence-corrected chi connectivity index (χ2v) is 5.11. The molecule has 0 bridgehead atoms. The number of hydrogen-bond acceptors (Lipinski definition) is 4. The average Bonchev–Trinajstić information content (AvgIpc) is 2.60. The Balaban J connectivity index is 2.12. The maximum absolute atomic E-state index is 13.8. The molecule has 0 N–H and O–H groups in total. The van der Waals surface area contributed by atoms with Crippen molar-refractivity contribution in [2.75, 3.05) is 14.2 Å². The Hall–Kier alpha value is -2.96. The van der Waals surface area contributed by atoms with Crippen molar-refractivity contribution in [1.82, 2.24) is 9.55 Å². The molecule has 0 saturated heterocycles. The monoisotopic (exact) mass is 332 g/mol. The Morgan fingerprint density at radius 1 is 1.12 bits per heavy atom. The summed E-state index contributed by atoms with van der Waals surface area (Å²) in [5, 5.41) is 0.298. The first-order chi connectivity index (χ1) is 11.5. The lowest BCUT2D eigenvalue weighted by atomic mass is 10.2. The number of rotatable bonds is 4. The van der Waals surface area contributed by atoms with Crippen LogP contribution in [0.15, 0.2) is 41.5 Å². The van der Waals surface area contributed by atoms with Gasteiger partial charge >= 0.3 is 0 Å². The fourth-order valence-electron chi connectivity index (χ4n) is 2.45. The zero-order chi connectivity index (χ0) is 17.3. The van der Waals surface area contributed by atoms with Crippen LogP contribution in [0.3, 0.4) is 0 Å². The van der Waals surface area contributed by atoms with Crippen LogP contribution in [-0.2, 0) is 6.54 Å². The summed E-state index contributed by atoms with van der Waals surface area (Å²) < 4.78 is 38.7. The molecule has 1 aromatic heterocycles. The Kier molecular flexibility index (Phi) is 4.16. The first-order valence-electron chi connectivity index (χ1n) is 7.09. The van der Waals surface area contributed by atoms with Gasteiger partial charge in [0.15, 0.2) is 23.1 Å². The summed E-state index contributed by atoms with van der Waals surface area (Å²) in [6.45, 7) is -0.125. The SMILES string of the molecule is COc1cc2ncn(Cc3cccc(F)c3F)c(=O)c2cc1OC. The van der Waals surface area contributed by atoms with E-state index >= 15 is 0 Å². The predicted molar refractivity (Wildman–Crippen MR) is 84.6 cm³/mol. The Morgan fingerprint density at radius 2 is 1.83 bits per heavy atom. The van der Waals surface area contributed by atoms with Crippen LogP contribution in [-0.4, -0.2) is 23.8 Å². The molecule has 0 saturated carbocycles. The molecular formula is C17H14F2N2O3. The lowest BCUT2D eigenvalue weighted by Crippen LogP contribution is -2.22. The highest BCUT2D eigenvalue weighted by Gasteiger charge is 2.13. The molecule has 7 heteroatoms. The third kappa shape index (κ3) is 2.68. The zero-order valence-electron chi connectivity index (χ0n) is 13.0. The molecule has 0 atom stereocenters. The zero-order valence-corrected chi connectivity index (χ0v) is 13.0. The van der Waals surface area contributed by atoms with E-state index in [2.05, 4.69) is 4.98 Å². The minimum Gasteiger partial charge on any atom is -0.493 e. The summed E-state index contributed by atoms with van der Waals surface area (Å²) in [4.78, 5) is 16.8. The van der Waals surface area contributed by atoms with Crippen molar-refractivity contribution < 1.29 is 18.3 Å². The van der Waals surface area contributed by atoms with Crippen LogP contribution in [0.2, 0.25) is 0 Å². The average molecular weight is 332 g/mol. The topological polar surface area (TPSA) is 53.4 Å². The van der Waals surface area contributed by atoms with Crippen molar-refractivity contribution in [3.05, 3.63) is 64.2 Å². The molecule has 0 spiro atoms. The third-order valence-corrected chi connectivity index (χ3v) is 3.70. The lowest BCUT2D eigenvalue weighted by molar-refractivity contribution is 0.355. The summed E-state index contributed by atoms with van der Waals surface area (Å²) in [5.74, 6) is -1.10. The summed E-state index contributed by atoms with van der Waals surface area (Å²) in [5.41, 5.74) is 0.108. The standard InChI is InChI=1S/C17H14F2N2O3/c1-23-14-6-11-13(7-15(14)24-2)20-9-21(17(11)22)8-10-4-3-5-12(18)16(10)19/h3-7,9H,8H2,1-2H3. The molecule has 0 aliphatic carbocycles. The van der Waals surface area contributed by atoms with Crippen molar-refractivity contribution in [1.29, 1.82) is 0 Å². The maximum Gasteiger partial charge on any atom is 0.261 e. The molecule has 0 amide bonds. The largest absolute Gasteiger partial charge is 0.493 e. The summed E-state index contributed by atoms with van der Waals surface area (Å²) in [6, 6.07) is 6.94. The molecule has 0 aliphatic rings. The maximum atomic E-state index is 13.8. The molecule has 3 aromatic rings. The van der Waals surface area contributed by atoms with E-state index < -0.39 is 11.6 Å². The molecule has 0 fully saturated rings. The number of halogens is 2. The fraction of sp³-hybridized carbons (Fsp3) is 0.176. The van der Waals surface area contributed by atoms with Gasteiger partial charge in [0.05, 0.1) is 38.0 Å². The molecule has 0 unspecified atom stereocenters. The van der Waals surface area contributed by atoms with Gasteiger partial charge in [0, 0.05) is 11.6 Å². The predicted octanol–water partition coefficient (Wildman–Crippen LogP) is 2.74. The van der Waals surface area contributed by atoms with Crippen molar-refractivity contribution in [2.45, 2.75) is 6.54 Å². The van der Waals surface area contributed by atoms with Crippen LogP contribution < -0.4 is 15.0 Å². The number of fused-ring (bicyclic) bond motifs is 1. The van der Waals surface area contributed by atoms with E-state index in [1.54, 1.807) is 6.07 Å². The van der Waals surface area contributed by atoms with Crippen LogP contribution in [0, 0.1) is 11.6 Å². The number of hydrogen-bond donors (Lipinski definition) is 0. The molecule has 0 radical (unpaired) electrons. The molecule has 0 aliphatic heterocycles. The van der Waals surface area contributed by atoms with Gasteiger partial charge in [-0.3, -0.25) is 9.36 Å². The van der Waals surface area contributed by atoms with E-state index in [-0.39, 0.29) is 17.7 Å². The minimum atomic E-state index is -0.975. The second-order valence-electron chi connectivity index (χ2n) is 5.11. The van der Waals surface area contributed by atoms with E-state index in [0.717, 1.165) is 6.07 Å². The van der Waals surface area contributed by atoms with E-state index in [1.807, 2.05) is 0 Å². The number of ether oxygens (including phenoxy) is 2. The third-order valence-electron chi connectivity index (χ3n) is 3.70. The van der Waals surface area contributed by atoms with Crippen molar-refractivity contribution in [2.24, 2.45) is 0 Å². The highest BCUT2D eigenvalue weighted by Crippen LogP contribution is 2.29. The minimum absolute atomic E-state index is 0.0683. The first-order valence-corrected chi connectivity index (χ1v) is 7.09. The highest BCUT2D eigenvalue weighted by molar-refractivity contribution is 5.81. The normalized spacial score (nSPS) is 10.8. The van der Waals surface area contributed by atoms with Crippen LogP contribution in [0.25, 0.3) is 10.9 Å². The van der Waals surface area contributed by atoms with Crippen LogP contribution >= 0.6 is 0 Å². The molecule has 5 nitrogen and oxygen atoms in total. The smallest absolute Gasteiger partial charge is 0.261 e. The summed E-state index contributed by atoms with van der Waals surface area (Å²) in [6.07, 6.45) is 1.29. The summed E-state index contributed by atoms with van der Waals surface area (Å²) >= 11 is 0. The van der Waals surface area contributed by atoms with Gasteiger partial charge in [-0.2, -0.15) is 0 Å². The quantitative estimate of drug-likeness (QED) is 0.737. The molecule has 3 rings (SSSR count). The van der Waals surface area contributed by atoms with E-state index in [9.17, 15) is 13.6 Å². The Labute approximate surface area is 136 Å². The molecule has 2 aromatic carbocycles. The molecule has 124 valence electrons. The van der Waals surface area contributed by atoms with E-state index in [0.29, 0.717) is 22.4 Å². The molecular weight excluding hydrogens is 318 g/mol. The Bertz CT molecular complexity index is 970. The van der Waals surface area contributed by atoms with Gasteiger partial charge in [0.1, 0.15) is 0 Å². The second kappa shape index (κ2) is 6.27. The fourth-order valence-corrected chi connectivity index (χ4v) is 2.45. The van der Waals surface area contributed by atoms with Gasteiger partial charge in [0.25, 0.3) is 5.56 Å². The Morgan fingerprint density at radius 3 is 2.54 bits per heavy atom. The van der Waals surface area contributed by atoms with Crippen molar-refractivity contribution >= 4 is 10.9 Å². The van der Waals surface area contributed by atoms with Gasteiger partial charge in [-0.1, -0.05) is 12.1 Å². The number of nitrogens with zero attached hydrogens (tertiary/aromatic N) is 2. The number of aromatic nitrogens is 2. The van der Waals surface area contributed by atoms with Gasteiger partial charge < -0.3 is 9.47 Å². The highest BCUT2D eigenvalue weighted by atomic mass is 19.2. The van der Waals surface area contributed by atoms with E-state index in [1.165, 1.54) is 43.3 Å². The van der Waals surface area contributed by atoms with E-state index in [4.69, 9.17) is 9.47 Å². The molecule has 24 heavy (non-hydrogen) atoms. The van der Waals surface area contributed by atoms with Crippen LogP contribution in [0.4, 0.5) is 8.78 Å². The van der Waals surface area contributed by atoms with Crippen LogP contribution in [0.1, 0.15) is 5.56 Å². The first kappa shape index (κ1) is 15.9. The van der Waals surface area contributed by atoms with Crippen molar-refractivity contribution in [3.8, 4) is 11.5 Å². The van der Waals surface area contributed by atoms with Crippen molar-refractivity contribution in [3.63, 3.8) is 0 Å².